The molecule has 0 bridgehead atoms. The molecule has 1 aromatic heterocycles. The molecular weight excluding hydrogens is 280 g/mol. The van der Waals surface area contributed by atoms with Gasteiger partial charge in [0.15, 0.2) is 0 Å². The lowest BCUT2D eigenvalue weighted by Crippen LogP contribution is -2.43. The lowest BCUT2D eigenvalue weighted by molar-refractivity contribution is 0.220. The summed E-state index contributed by atoms with van der Waals surface area (Å²) in [7, 11) is -0.882. The molecule has 2 amide bonds. The molecule has 1 aromatic rings. The first-order valence-corrected chi connectivity index (χ1v) is 8.79. The van der Waals surface area contributed by atoms with Crippen molar-refractivity contribution in [3.05, 3.63) is 22.4 Å². The molecule has 1 rings (SSSR count). The molecule has 0 saturated heterocycles. The van der Waals surface area contributed by atoms with E-state index in [1.165, 1.54) is 0 Å². The van der Waals surface area contributed by atoms with Crippen LogP contribution in [-0.4, -0.2) is 28.8 Å². The van der Waals surface area contributed by atoms with Crippen molar-refractivity contribution >= 4 is 28.2 Å². The molecule has 1 heterocycles. The number of hydrogen-bond acceptors (Lipinski definition) is 3. The topological polar surface area (TPSA) is 58.2 Å². The van der Waals surface area contributed by atoms with E-state index >= 15 is 0 Å². The Bertz CT molecular complexity index is 424. The van der Waals surface area contributed by atoms with Crippen LogP contribution in [-0.2, 0) is 10.8 Å². The minimum Gasteiger partial charge on any atom is -0.337 e. The SMILES string of the molecule is CS(=O)CCNC(=O)NC(c1cccs1)C(C)(C)C. The molecule has 2 atom stereocenters. The van der Waals surface area contributed by atoms with Crippen LogP contribution in [0.5, 0.6) is 0 Å². The summed E-state index contributed by atoms with van der Waals surface area (Å²) in [5.74, 6) is 0.479. The van der Waals surface area contributed by atoms with Gasteiger partial charge in [-0.2, -0.15) is 0 Å². The second-order valence-electron chi connectivity index (χ2n) is 5.49. The zero-order valence-corrected chi connectivity index (χ0v) is 13.5. The van der Waals surface area contributed by atoms with Crippen LogP contribution in [0, 0.1) is 5.41 Å². The summed E-state index contributed by atoms with van der Waals surface area (Å²) < 4.78 is 10.9. The van der Waals surface area contributed by atoms with Crippen LogP contribution >= 0.6 is 11.3 Å². The fraction of sp³-hybridized carbons (Fsp3) is 0.615. The highest BCUT2D eigenvalue weighted by Gasteiger charge is 2.28. The van der Waals surface area contributed by atoms with Crippen molar-refractivity contribution in [1.82, 2.24) is 10.6 Å². The summed E-state index contributed by atoms with van der Waals surface area (Å²) in [5.41, 5.74) is -0.0598. The summed E-state index contributed by atoms with van der Waals surface area (Å²) in [4.78, 5) is 13.0. The third-order valence-corrected chi connectivity index (χ3v) is 4.36. The Hall–Kier alpha value is -0.880. The largest absolute Gasteiger partial charge is 0.337 e. The van der Waals surface area contributed by atoms with E-state index in [1.54, 1.807) is 17.6 Å². The number of urea groups is 1. The van der Waals surface area contributed by atoms with E-state index < -0.39 is 10.8 Å². The summed E-state index contributed by atoms with van der Waals surface area (Å²) in [6.45, 7) is 6.71. The summed E-state index contributed by atoms with van der Waals surface area (Å²) in [6.07, 6.45) is 1.63. The molecule has 4 nitrogen and oxygen atoms in total. The van der Waals surface area contributed by atoms with Gasteiger partial charge in [0.1, 0.15) is 0 Å². The fourth-order valence-corrected chi connectivity index (χ4v) is 3.07. The Labute approximate surface area is 121 Å². The van der Waals surface area contributed by atoms with E-state index in [0.717, 1.165) is 4.88 Å². The first kappa shape index (κ1) is 16.2. The van der Waals surface area contributed by atoms with Gasteiger partial charge in [0.05, 0.1) is 6.04 Å². The molecule has 0 aliphatic rings. The average molecular weight is 302 g/mol. The fourth-order valence-electron chi connectivity index (χ4n) is 1.66. The van der Waals surface area contributed by atoms with Gasteiger partial charge >= 0.3 is 6.03 Å². The minimum atomic E-state index is -0.882. The standard InChI is InChI=1S/C13H22N2O2S2/c1-13(2,3)11(10-6-5-8-18-10)15-12(16)14-7-9-19(4)17/h5-6,8,11H,7,9H2,1-4H3,(H2,14,15,16). The molecule has 0 aliphatic carbocycles. The number of nitrogens with one attached hydrogen (secondary N) is 2. The quantitative estimate of drug-likeness (QED) is 0.878. The van der Waals surface area contributed by atoms with Gasteiger partial charge in [-0.25, -0.2) is 4.79 Å². The van der Waals surface area contributed by atoms with Gasteiger partial charge in [-0.1, -0.05) is 26.8 Å². The second kappa shape index (κ2) is 7.05. The maximum absolute atomic E-state index is 11.9. The molecule has 2 unspecified atom stereocenters. The smallest absolute Gasteiger partial charge is 0.315 e. The summed E-state index contributed by atoms with van der Waals surface area (Å²) >= 11 is 1.64. The molecule has 108 valence electrons. The molecule has 6 heteroatoms. The number of rotatable bonds is 5. The van der Waals surface area contributed by atoms with Crippen molar-refractivity contribution in [2.24, 2.45) is 5.41 Å². The zero-order valence-electron chi connectivity index (χ0n) is 11.9. The van der Waals surface area contributed by atoms with E-state index in [9.17, 15) is 9.00 Å². The van der Waals surface area contributed by atoms with Crippen LogP contribution in [0.2, 0.25) is 0 Å². The average Bonchev–Trinajstić information content (AvgIpc) is 2.76. The van der Waals surface area contributed by atoms with Crippen molar-refractivity contribution in [2.45, 2.75) is 26.8 Å². The number of thiophene rings is 1. The van der Waals surface area contributed by atoms with Crippen molar-refractivity contribution in [1.29, 1.82) is 0 Å². The molecule has 0 fully saturated rings. The van der Waals surface area contributed by atoms with Gasteiger partial charge in [-0.3, -0.25) is 4.21 Å². The van der Waals surface area contributed by atoms with Crippen molar-refractivity contribution in [3.63, 3.8) is 0 Å². The lowest BCUT2D eigenvalue weighted by Gasteiger charge is -2.30. The Kier molecular flexibility index (Phi) is 6.00. The van der Waals surface area contributed by atoms with Gasteiger partial charge in [-0.15, -0.1) is 11.3 Å². The van der Waals surface area contributed by atoms with E-state index in [1.807, 2.05) is 17.5 Å². The Morgan fingerprint density at radius 2 is 2.16 bits per heavy atom. The summed E-state index contributed by atoms with van der Waals surface area (Å²) in [6, 6.07) is 3.78. The highest BCUT2D eigenvalue weighted by atomic mass is 32.2. The van der Waals surface area contributed by atoms with Crippen molar-refractivity contribution in [3.8, 4) is 0 Å². The predicted octanol–water partition coefficient (Wildman–Crippen LogP) is 2.51. The monoisotopic (exact) mass is 302 g/mol. The lowest BCUT2D eigenvalue weighted by atomic mass is 9.86. The van der Waals surface area contributed by atoms with Crippen molar-refractivity contribution < 1.29 is 9.00 Å². The van der Waals surface area contributed by atoms with Gasteiger partial charge < -0.3 is 10.6 Å². The van der Waals surface area contributed by atoms with Crippen molar-refractivity contribution in [2.75, 3.05) is 18.6 Å². The van der Waals surface area contributed by atoms with Crippen LogP contribution in [0.1, 0.15) is 31.7 Å². The van der Waals surface area contributed by atoms with Crippen LogP contribution in [0.25, 0.3) is 0 Å². The number of carbonyl (C=O) groups excluding carboxylic acids is 1. The molecule has 0 spiro atoms. The first-order chi connectivity index (χ1) is 8.80. The zero-order chi connectivity index (χ0) is 14.5. The van der Waals surface area contributed by atoms with Gasteiger partial charge in [-0.05, 0) is 16.9 Å². The highest BCUT2D eigenvalue weighted by molar-refractivity contribution is 7.84. The van der Waals surface area contributed by atoms with E-state index in [4.69, 9.17) is 0 Å². The molecule has 0 saturated carbocycles. The molecule has 2 N–H and O–H groups in total. The van der Waals surface area contributed by atoms with Crippen LogP contribution in [0.15, 0.2) is 17.5 Å². The van der Waals surface area contributed by atoms with Crippen LogP contribution < -0.4 is 10.6 Å². The summed E-state index contributed by atoms with van der Waals surface area (Å²) in [5, 5.41) is 7.74. The first-order valence-electron chi connectivity index (χ1n) is 6.18. The maximum atomic E-state index is 11.9. The van der Waals surface area contributed by atoms with Crippen LogP contribution in [0.3, 0.4) is 0 Å². The molecule has 19 heavy (non-hydrogen) atoms. The molecule has 0 aromatic carbocycles. The maximum Gasteiger partial charge on any atom is 0.315 e. The molecular formula is C13H22N2O2S2. The Balaban J connectivity index is 2.59. The third kappa shape index (κ3) is 5.74. The molecule has 0 radical (unpaired) electrons. The van der Waals surface area contributed by atoms with Gasteiger partial charge in [0, 0.05) is 34.2 Å². The predicted molar refractivity (Wildman–Crippen MR) is 82.0 cm³/mol. The van der Waals surface area contributed by atoms with Gasteiger partial charge in [0.25, 0.3) is 0 Å². The van der Waals surface area contributed by atoms with E-state index in [0.29, 0.717) is 12.3 Å². The van der Waals surface area contributed by atoms with E-state index in [2.05, 4.69) is 31.4 Å². The normalized spacial score (nSPS) is 14.7. The Morgan fingerprint density at radius 1 is 1.47 bits per heavy atom. The molecule has 0 aliphatic heterocycles. The third-order valence-electron chi connectivity index (χ3n) is 2.64. The number of hydrogen-bond donors (Lipinski definition) is 2. The van der Waals surface area contributed by atoms with Gasteiger partial charge in [0.2, 0.25) is 0 Å². The Morgan fingerprint density at radius 3 is 2.63 bits per heavy atom. The second-order valence-corrected chi connectivity index (χ2v) is 8.03. The minimum absolute atomic E-state index is 0.0281. The highest BCUT2D eigenvalue weighted by Crippen LogP contribution is 2.34. The van der Waals surface area contributed by atoms with E-state index in [-0.39, 0.29) is 17.5 Å². The van der Waals surface area contributed by atoms with Crippen LogP contribution in [0.4, 0.5) is 4.79 Å². The number of carbonyl (C=O) groups is 1. The number of amides is 2.